The number of hydrogen-bond acceptors (Lipinski definition) is 6. The molecule has 0 fully saturated rings. The van der Waals surface area contributed by atoms with Crippen molar-refractivity contribution in [2.45, 2.75) is 26.4 Å². The quantitative estimate of drug-likeness (QED) is 0.665. The maximum Gasteiger partial charge on any atom is 0.256 e. The fourth-order valence-electron chi connectivity index (χ4n) is 2.75. The molecule has 27 heavy (non-hydrogen) atoms. The van der Waals surface area contributed by atoms with E-state index >= 15 is 0 Å². The van der Waals surface area contributed by atoms with Crippen molar-refractivity contribution >= 4 is 17.4 Å². The Morgan fingerprint density at radius 2 is 2.04 bits per heavy atom. The molecule has 3 aromatic rings. The van der Waals surface area contributed by atoms with Crippen LogP contribution in [0.4, 0.5) is 5.82 Å². The molecule has 0 radical (unpaired) electrons. The standard InChI is InChI=1S/C19H23N5O3/c1-12(2)22-19(25)14-11-21-24-9-8-16(23-18(14)24)20-10-13-6-5-7-15(26-3)17(13)27-4/h5-9,11-12H,10H2,1-4H3,(H,20,23)(H,22,25). The molecule has 8 nitrogen and oxygen atoms in total. The number of benzene rings is 1. The lowest BCUT2D eigenvalue weighted by Crippen LogP contribution is -2.30. The Labute approximate surface area is 157 Å². The number of ether oxygens (including phenoxy) is 2. The number of hydrogen-bond donors (Lipinski definition) is 2. The number of anilines is 1. The molecule has 2 N–H and O–H groups in total. The second-order valence-electron chi connectivity index (χ2n) is 6.27. The van der Waals surface area contributed by atoms with Gasteiger partial charge in [0.2, 0.25) is 0 Å². The van der Waals surface area contributed by atoms with Crippen molar-refractivity contribution in [1.29, 1.82) is 0 Å². The van der Waals surface area contributed by atoms with Crippen LogP contribution in [0.25, 0.3) is 5.65 Å². The van der Waals surface area contributed by atoms with Gasteiger partial charge in [0, 0.05) is 24.3 Å². The van der Waals surface area contributed by atoms with Crippen molar-refractivity contribution in [3.63, 3.8) is 0 Å². The van der Waals surface area contributed by atoms with Crippen LogP contribution in [0, 0.1) is 0 Å². The second-order valence-corrected chi connectivity index (χ2v) is 6.27. The summed E-state index contributed by atoms with van der Waals surface area (Å²) in [5, 5.41) is 10.3. The van der Waals surface area contributed by atoms with Gasteiger partial charge in [0.05, 0.1) is 20.4 Å². The maximum absolute atomic E-state index is 12.3. The second kappa shape index (κ2) is 7.94. The lowest BCUT2D eigenvalue weighted by molar-refractivity contribution is 0.0944. The van der Waals surface area contributed by atoms with Gasteiger partial charge in [-0.2, -0.15) is 5.10 Å². The molecule has 1 amide bonds. The van der Waals surface area contributed by atoms with E-state index in [0.717, 1.165) is 5.56 Å². The minimum Gasteiger partial charge on any atom is -0.493 e. The van der Waals surface area contributed by atoms with Crippen LogP contribution in [-0.4, -0.2) is 40.8 Å². The van der Waals surface area contributed by atoms with Crippen LogP contribution in [-0.2, 0) is 6.54 Å². The highest BCUT2D eigenvalue weighted by Gasteiger charge is 2.15. The monoisotopic (exact) mass is 369 g/mol. The highest BCUT2D eigenvalue weighted by Crippen LogP contribution is 2.31. The fraction of sp³-hybridized carbons (Fsp3) is 0.316. The van der Waals surface area contributed by atoms with E-state index in [1.165, 1.54) is 6.20 Å². The molecular weight excluding hydrogens is 346 g/mol. The number of nitrogens with zero attached hydrogens (tertiary/aromatic N) is 3. The van der Waals surface area contributed by atoms with Crippen LogP contribution >= 0.6 is 0 Å². The van der Waals surface area contributed by atoms with Crippen LogP contribution in [0.5, 0.6) is 11.5 Å². The predicted octanol–water partition coefficient (Wildman–Crippen LogP) is 2.50. The minimum absolute atomic E-state index is 0.0364. The Hall–Kier alpha value is -3.29. The van der Waals surface area contributed by atoms with E-state index in [1.54, 1.807) is 31.0 Å². The number of amides is 1. The normalized spacial score (nSPS) is 10.9. The molecule has 2 heterocycles. The van der Waals surface area contributed by atoms with Gasteiger partial charge in [0.15, 0.2) is 17.1 Å². The molecule has 1 aromatic carbocycles. The highest BCUT2D eigenvalue weighted by atomic mass is 16.5. The van der Waals surface area contributed by atoms with Gasteiger partial charge in [-0.3, -0.25) is 4.79 Å². The van der Waals surface area contributed by atoms with E-state index in [9.17, 15) is 4.79 Å². The molecule has 0 saturated carbocycles. The Kier molecular flexibility index (Phi) is 5.44. The summed E-state index contributed by atoms with van der Waals surface area (Å²) in [5.41, 5.74) is 1.87. The van der Waals surface area contributed by atoms with Crippen molar-refractivity contribution in [2.75, 3.05) is 19.5 Å². The van der Waals surface area contributed by atoms with Crippen LogP contribution in [0.3, 0.4) is 0 Å². The first-order chi connectivity index (χ1) is 13.0. The summed E-state index contributed by atoms with van der Waals surface area (Å²) in [5.74, 6) is 1.78. The van der Waals surface area contributed by atoms with E-state index in [0.29, 0.717) is 35.1 Å². The highest BCUT2D eigenvalue weighted by molar-refractivity contribution is 5.99. The van der Waals surface area contributed by atoms with E-state index in [1.807, 2.05) is 32.0 Å². The van der Waals surface area contributed by atoms with Gasteiger partial charge < -0.3 is 20.1 Å². The van der Waals surface area contributed by atoms with Crippen molar-refractivity contribution < 1.29 is 14.3 Å². The summed E-state index contributed by atoms with van der Waals surface area (Å²) < 4.78 is 12.4. The van der Waals surface area contributed by atoms with Gasteiger partial charge in [0.25, 0.3) is 5.91 Å². The van der Waals surface area contributed by atoms with Crippen molar-refractivity contribution in [2.24, 2.45) is 0 Å². The zero-order chi connectivity index (χ0) is 19.4. The molecule has 0 saturated heterocycles. The van der Waals surface area contributed by atoms with Gasteiger partial charge >= 0.3 is 0 Å². The van der Waals surface area contributed by atoms with E-state index in [4.69, 9.17) is 9.47 Å². The third-order valence-electron chi connectivity index (χ3n) is 3.98. The van der Waals surface area contributed by atoms with Crippen molar-refractivity contribution in [3.8, 4) is 11.5 Å². The lowest BCUT2D eigenvalue weighted by Gasteiger charge is -2.13. The number of carbonyl (C=O) groups is 1. The molecule has 0 aliphatic rings. The molecule has 142 valence electrons. The summed E-state index contributed by atoms with van der Waals surface area (Å²) >= 11 is 0. The summed E-state index contributed by atoms with van der Waals surface area (Å²) in [6, 6.07) is 7.54. The minimum atomic E-state index is -0.195. The molecule has 0 bridgehead atoms. The Morgan fingerprint density at radius 1 is 1.22 bits per heavy atom. The molecule has 0 unspecified atom stereocenters. The van der Waals surface area contributed by atoms with E-state index in [-0.39, 0.29) is 11.9 Å². The van der Waals surface area contributed by atoms with Gasteiger partial charge in [-0.1, -0.05) is 12.1 Å². The Balaban J connectivity index is 1.83. The van der Waals surface area contributed by atoms with Crippen molar-refractivity contribution in [3.05, 3.63) is 47.8 Å². The summed E-state index contributed by atoms with van der Waals surface area (Å²) in [6.45, 7) is 4.31. The fourth-order valence-corrected chi connectivity index (χ4v) is 2.75. The molecular formula is C19H23N5O3. The molecule has 0 aliphatic carbocycles. The summed E-state index contributed by atoms with van der Waals surface area (Å²) in [6.07, 6.45) is 3.29. The molecule has 0 spiro atoms. The topological polar surface area (TPSA) is 89.8 Å². The Morgan fingerprint density at radius 3 is 2.74 bits per heavy atom. The number of fused-ring (bicyclic) bond motifs is 1. The van der Waals surface area contributed by atoms with Crippen LogP contribution in [0.2, 0.25) is 0 Å². The largest absolute Gasteiger partial charge is 0.493 e. The number of methoxy groups -OCH3 is 2. The number of nitrogens with one attached hydrogen (secondary N) is 2. The number of aromatic nitrogens is 3. The number of rotatable bonds is 7. The molecule has 2 aromatic heterocycles. The van der Waals surface area contributed by atoms with Gasteiger partial charge in [-0.05, 0) is 26.0 Å². The molecule has 3 rings (SSSR count). The third-order valence-corrected chi connectivity index (χ3v) is 3.98. The average molecular weight is 369 g/mol. The van der Waals surface area contributed by atoms with Gasteiger partial charge in [0.1, 0.15) is 11.4 Å². The maximum atomic E-state index is 12.3. The lowest BCUT2D eigenvalue weighted by atomic mass is 10.2. The van der Waals surface area contributed by atoms with Crippen LogP contribution in [0.1, 0.15) is 29.8 Å². The van der Waals surface area contributed by atoms with Crippen LogP contribution in [0.15, 0.2) is 36.7 Å². The average Bonchev–Trinajstić information content (AvgIpc) is 3.08. The Bertz CT molecular complexity index is 952. The molecule has 0 aliphatic heterocycles. The van der Waals surface area contributed by atoms with E-state index in [2.05, 4.69) is 20.7 Å². The number of para-hydroxylation sites is 1. The van der Waals surface area contributed by atoms with E-state index < -0.39 is 0 Å². The summed E-state index contributed by atoms with van der Waals surface area (Å²) in [7, 11) is 3.21. The number of carbonyl (C=O) groups excluding carboxylic acids is 1. The SMILES string of the molecule is COc1cccc(CNc2ccn3ncc(C(=O)NC(C)C)c3n2)c1OC. The first-order valence-corrected chi connectivity index (χ1v) is 8.62. The summed E-state index contributed by atoms with van der Waals surface area (Å²) in [4.78, 5) is 16.9. The molecule has 8 heteroatoms. The predicted molar refractivity (Wildman–Crippen MR) is 102 cm³/mol. The zero-order valence-electron chi connectivity index (χ0n) is 15.8. The molecule has 0 atom stereocenters. The van der Waals surface area contributed by atoms with Crippen LogP contribution < -0.4 is 20.1 Å². The van der Waals surface area contributed by atoms with Gasteiger partial charge in [-0.25, -0.2) is 9.50 Å². The zero-order valence-corrected chi connectivity index (χ0v) is 15.8. The van der Waals surface area contributed by atoms with Gasteiger partial charge in [-0.15, -0.1) is 0 Å². The smallest absolute Gasteiger partial charge is 0.256 e. The first kappa shape index (κ1) is 18.5. The first-order valence-electron chi connectivity index (χ1n) is 8.62. The van der Waals surface area contributed by atoms with Crippen molar-refractivity contribution in [1.82, 2.24) is 19.9 Å². The third kappa shape index (κ3) is 3.94.